The maximum atomic E-state index is 12.9. The molecule has 1 amide bonds. The maximum Gasteiger partial charge on any atom is 0.339 e. The van der Waals surface area contributed by atoms with Crippen molar-refractivity contribution in [1.82, 2.24) is 30.0 Å². The van der Waals surface area contributed by atoms with E-state index in [0.29, 0.717) is 32.7 Å². The monoisotopic (exact) mass is 586 g/mol. The first-order valence-corrected chi connectivity index (χ1v) is 13.5. The average Bonchev–Trinajstić information content (AvgIpc) is 3.16. The Balaban J connectivity index is 1.20. The highest BCUT2D eigenvalue weighted by molar-refractivity contribution is 5.79. The average molecular weight is 587 g/mol. The molecule has 5 N–H and O–H groups in total. The number of fused-ring (bicyclic) bond motifs is 1. The summed E-state index contributed by atoms with van der Waals surface area (Å²) in [6.07, 6.45) is -7.83. The molecule has 0 saturated carbocycles. The second kappa shape index (κ2) is 10.6. The minimum atomic E-state index is -1.72. The van der Waals surface area contributed by atoms with Gasteiger partial charge in [0.25, 0.3) is 11.7 Å². The first kappa shape index (κ1) is 28.6. The second-order valence-electron chi connectivity index (χ2n) is 11.1. The van der Waals surface area contributed by atoms with Crippen LogP contribution in [-0.2, 0) is 38.2 Å². The Morgan fingerprint density at radius 1 is 0.829 bits per heavy atom. The van der Waals surface area contributed by atoms with Crippen LogP contribution in [0.3, 0.4) is 0 Å². The molecule has 6 rings (SSSR count). The third-order valence-corrected chi connectivity index (χ3v) is 8.46. The number of rotatable bonds is 4. The lowest BCUT2D eigenvalue weighted by Crippen LogP contribution is -2.80. The highest BCUT2D eigenvalue weighted by Gasteiger charge is 2.70. The number of nitrogens with zero attached hydrogens (tertiary/aromatic N) is 5. The van der Waals surface area contributed by atoms with E-state index in [1.54, 1.807) is 4.90 Å². The number of nitrogens with one attached hydrogen (secondary N) is 1. The smallest absolute Gasteiger partial charge is 0.339 e. The van der Waals surface area contributed by atoms with Gasteiger partial charge < -0.3 is 44.8 Å². The molecule has 18 nitrogen and oxygen atoms in total. The van der Waals surface area contributed by atoms with Crippen LogP contribution < -0.4 is 5.32 Å². The summed E-state index contributed by atoms with van der Waals surface area (Å²) >= 11 is 0. The number of hydrogen-bond donors (Lipinski definition) is 5. The first-order valence-electron chi connectivity index (χ1n) is 13.5. The fourth-order valence-electron chi connectivity index (χ4n) is 6.28. The van der Waals surface area contributed by atoms with Crippen LogP contribution in [0.1, 0.15) is 6.42 Å². The standard InChI is InChI=1S/C23H34N6O12/c30-14(24-8-13-18(34)19(35)20(36)21(37)38-13)9-25-1-4-27-5-3-26-10-17(33)41-29(22(27)7-15(31)39-22)23(12-26)28(6-2-25)11-16(32)40-23/h13,18-21,34-37H,1-12H2,(H,24,30)/t13?,18?,19?,20?,21?,22-,23-/m0/s1. The van der Waals surface area contributed by atoms with Crippen molar-refractivity contribution < 1.29 is 58.7 Å². The van der Waals surface area contributed by atoms with Crippen molar-refractivity contribution in [3.63, 3.8) is 0 Å². The zero-order valence-corrected chi connectivity index (χ0v) is 22.2. The van der Waals surface area contributed by atoms with Gasteiger partial charge in [0.1, 0.15) is 37.4 Å². The van der Waals surface area contributed by atoms with Crippen LogP contribution in [0.25, 0.3) is 0 Å². The molecular formula is C23H34N6O12. The number of hydrogen-bond acceptors (Lipinski definition) is 17. The molecule has 8 unspecified atom stereocenters. The lowest BCUT2D eigenvalue weighted by Gasteiger charge is -2.58. The summed E-state index contributed by atoms with van der Waals surface area (Å²) in [5, 5.41) is 43.3. The van der Waals surface area contributed by atoms with Crippen molar-refractivity contribution in [3.05, 3.63) is 0 Å². The summed E-state index contributed by atoms with van der Waals surface area (Å²) in [6.45, 7) is 1.69. The molecule has 2 spiro atoms. The molecule has 4 bridgehead atoms. The Morgan fingerprint density at radius 3 is 2.27 bits per heavy atom. The molecule has 0 aliphatic carbocycles. The highest BCUT2D eigenvalue weighted by Crippen LogP contribution is 2.46. The summed E-state index contributed by atoms with van der Waals surface area (Å²) in [5.41, 5.74) is 0. The molecule has 228 valence electrons. The Labute approximate surface area is 233 Å². The van der Waals surface area contributed by atoms with Crippen molar-refractivity contribution in [3.8, 4) is 0 Å². The minimum absolute atomic E-state index is 0.0276. The van der Waals surface area contributed by atoms with Crippen LogP contribution >= 0.6 is 0 Å². The van der Waals surface area contributed by atoms with Crippen molar-refractivity contribution >= 4 is 23.8 Å². The highest BCUT2D eigenvalue weighted by atomic mass is 16.8. The topological polar surface area (TPSA) is 214 Å². The molecule has 0 radical (unpaired) electrons. The molecule has 6 aliphatic heterocycles. The molecule has 41 heavy (non-hydrogen) atoms. The molecule has 6 saturated heterocycles. The molecule has 0 aromatic heterocycles. The van der Waals surface area contributed by atoms with E-state index in [-0.39, 0.29) is 45.7 Å². The molecule has 6 heterocycles. The summed E-state index contributed by atoms with van der Waals surface area (Å²) in [5.74, 6) is -5.07. The molecule has 18 heteroatoms. The van der Waals surface area contributed by atoms with Crippen molar-refractivity contribution in [2.45, 2.75) is 48.8 Å². The predicted molar refractivity (Wildman–Crippen MR) is 128 cm³/mol. The SMILES string of the molecule is O=C(CN1CCN2CCN3CC(=O)ON([C@]24CC(=O)O4)[C@@]2(C3)OC(=O)CN2CC1)NCC1OC(O)C(O)C(O)C1O. The largest absolute Gasteiger partial charge is 0.426 e. The number of carbonyl (C=O) groups is 4. The molecule has 6 fully saturated rings. The zero-order chi connectivity index (χ0) is 29.1. The second-order valence-corrected chi connectivity index (χ2v) is 11.1. The lowest BCUT2D eigenvalue weighted by molar-refractivity contribution is -0.440. The minimum Gasteiger partial charge on any atom is -0.426 e. The lowest BCUT2D eigenvalue weighted by atomic mass is 9.99. The summed E-state index contributed by atoms with van der Waals surface area (Å²) in [6, 6.07) is 0. The summed E-state index contributed by atoms with van der Waals surface area (Å²) < 4.78 is 16.7. The number of esters is 2. The van der Waals surface area contributed by atoms with Gasteiger partial charge in [-0.1, -0.05) is 0 Å². The van der Waals surface area contributed by atoms with Crippen molar-refractivity contribution in [2.24, 2.45) is 0 Å². The Kier molecular flexibility index (Phi) is 7.42. The first-order chi connectivity index (χ1) is 19.5. The van der Waals surface area contributed by atoms with Gasteiger partial charge in [-0.25, -0.2) is 14.6 Å². The number of amides is 1. The molecular weight excluding hydrogens is 552 g/mol. The zero-order valence-electron chi connectivity index (χ0n) is 22.2. The number of hydroxylamine groups is 2. The Hall–Kier alpha value is -2.52. The quantitative estimate of drug-likeness (QED) is 0.194. The van der Waals surface area contributed by atoms with Gasteiger partial charge in [0, 0.05) is 45.8 Å². The predicted octanol–water partition coefficient (Wildman–Crippen LogP) is -6.28. The summed E-state index contributed by atoms with van der Waals surface area (Å²) in [7, 11) is 0. The van der Waals surface area contributed by atoms with E-state index in [1.165, 1.54) is 5.06 Å². The van der Waals surface area contributed by atoms with E-state index >= 15 is 0 Å². The van der Waals surface area contributed by atoms with Gasteiger partial charge in [0.15, 0.2) is 6.29 Å². The molecule has 10 atom stereocenters. The normalized spacial score (nSPS) is 45.0. The van der Waals surface area contributed by atoms with E-state index < -0.39 is 66.2 Å². The maximum absolute atomic E-state index is 12.9. The van der Waals surface area contributed by atoms with Crippen LogP contribution in [0.15, 0.2) is 0 Å². The van der Waals surface area contributed by atoms with E-state index in [0.717, 1.165) is 0 Å². The third kappa shape index (κ3) is 4.97. The fraction of sp³-hybridized carbons (Fsp3) is 0.826. The van der Waals surface area contributed by atoms with E-state index in [4.69, 9.17) is 19.0 Å². The van der Waals surface area contributed by atoms with Crippen molar-refractivity contribution in [1.29, 1.82) is 0 Å². The number of aliphatic hydroxyl groups excluding tert-OH is 4. The van der Waals surface area contributed by atoms with Crippen LogP contribution in [-0.4, -0.2) is 183 Å². The molecule has 6 aliphatic rings. The van der Waals surface area contributed by atoms with Gasteiger partial charge in [0.05, 0.1) is 19.6 Å². The van der Waals surface area contributed by atoms with Gasteiger partial charge in [-0.05, 0) is 5.06 Å². The van der Waals surface area contributed by atoms with Gasteiger partial charge in [-0.15, -0.1) is 0 Å². The van der Waals surface area contributed by atoms with Gasteiger partial charge in [-0.3, -0.25) is 24.2 Å². The Bertz CT molecular complexity index is 1090. The van der Waals surface area contributed by atoms with Crippen LogP contribution in [0.5, 0.6) is 0 Å². The van der Waals surface area contributed by atoms with Crippen LogP contribution in [0.4, 0.5) is 0 Å². The number of carbonyl (C=O) groups excluding carboxylic acids is 4. The van der Waals surface area contributed by atoms with Crippen LogP contribution in [0, 0.1) is 0 Å². The number of aliphatic hydroxyl groups is 4. The number of ether oxygens (including phenoxy) is 3. The van der Waals surface area contributed by atoms with E-state index in [9.17, 15) is 39.6 Å². The molecule has 0 aromatic carbocycles. The summed E-state index contributed by atoms with van der Waals surface area (Å²) in [4.78, 5) is 63.5. The van der Waals surface area contributed by atoms with Gasteiger partial charge in [0.2, 0.25) is 5.91 Å². The van der Waals surface area contributed by atoms with Crippen molar-refractivity contribution in [2.75, 3.05) is 72.0 Å². The fourth-order valence-corrected chi connectivity index (χ4v) is 6.28. The van der Waals surface area contributed by atoms with E-state index in [2.05, 4.69) is 5.32 Å². The molecule has 0 aromatic rings. The van der Waals surface area contributed by atoms with E-state index in [1.807, 2.05) is 14.7 Å². The Morgan fingerprint density at radius 2 is 1.54 bits per heavy atom. The third-order valence-electron chi connectivity index (χ3n) is 8.46. The van der Waals surface area contributed by atoms with Crippen LogP contribution in [0.2, 0.25) is 0 Å². The van der Waals surface area contributed by atoms with Gasteiger partial charge >= 0.3 is 17.9 Å². The van der Waals surface area contributed by atoms with Gasteiger partial charge in [-0.2, -0.15) is 0 Å².